The number of rotatable bonds is 1. The second-order valence-electron chi connectivity index (χ2n) is 9.36. The molecule has 3 heteroatoms. The van der Waals surface area contributed by atoms with Gasteiger partial charge in [-0.25, -0.2) is 0 Å². The number of hydrogen-bond donors (Lipinski definition) is 0. The molecular weight excluding hydrogens is 379 g/mol. The van der Waals surface area contributed by atoms with Gasteiger partial charge < -0.3 is 9.47 Å². The fourth-order valence-electron chi connectivity index (χ4n) is 4.99. The van der Waals surface area contributed by atoms with Crippen LogP contribution in [0.1, 0.15) is 26.3 Å². The van der Waals surface area contributed by atoms with Gasteiger partial charge in [-0.05, 0) is 45.7 Å². The van der Waals surface area contributed by atoms with Gasteiger partial charge in [-0.3, -0.25) is 0 Å². The third kappa shape index (κ3) is 2.73. The van der Waals surface area contributed by atoms with Crippen LogP contribution in [0, 0.1) is 0 Å². The van der Waals surface area contributed by atoms with Gasteiger partial charge >= 0.3 is 0 Å². The van der Waals surface area contributed by atoms with E-state index < -0.39 is 0 Å². The maximum atomic E-state index is 6.61. The van der Waals surface area contributed by atoms with Crippen molar-refractivity contribution in [2.24, 2.45) is 0 Å². The normalized spacial score (nSPS) is 13.5. The molecule has 31 heavy (non-hydrogen) atoms. The van der Waals surface area contributed by atoms with Crippen LogP contribution in [-0.4, -0.2) is 6.71 Å². The summed E-state index contributed by atoms with van der Waals surface area (Å²) in [5.41, 5.74) is 7.22. The zero-order chi connectivity index (χ0) is 21.2. The lowest BCUT2D eigenvalue weighted by Crippen LogP contribution is -2.57. The first-order valence-corrected chi connectivity index (χ1v) is 10.8. The molecule has 2 aliphatic heterocycles. The van der Waals surface area contributed by atoms with E-state index in [2.05, 4.69) is 87.5 Å². The molecule has 0 saturated carbocycles. The van der Waals surface area contributed by atoms with Crippen LogP contribution >= 0.6 is 0 Å². The van der Waals surface area contributed by atoms with Crippen molar-refractivity contribution in [3.8, 4) is 34.1 Å². The fourth-order valence-corrected chi connectivity index (χ4v) is 4.99. The lowest BCUT2D eigenvalue weighted by atomic mass is 9.34. The van der Waals surface area contributed by atoms with Crippen LogP contribution in [0.5, 0.6) is 23.0 Å². The van der Waals surface area contributed by atoms with Crippen LogP contribution in [0.2, 0.25) is 0 Å². The Hall–Kier alpha value is -3.46. The second kappa shape index (κ2) is 6.52. The van der Waals surface area contributed by atoms with Crippen molar-refractivity contribution in [1.82, 2.24) is 0 Å². The SMILES string of the molecule is CC(C)(C)c1ccccc1-c1cccc2c1Oc1cccc3c1B2c1ccccc1O3. The molecule has 0 spiro atoms. The average molecular weight is 402 g/mol. The Morgan fingerprint density at radius 3 is 2.03 bits per heavy atom. The summed E-state index contributed by atoms with van der Waals surface area (Å²) in [5.74, 6) is 3.63. The molecule has 0 aliphatic carbocycles. The van der Waals surface area contributed by atoms with Crippen LogP contribution < -0.4 is 25.9 Å². The first kappa shape index (κ1) is 18.3. The Morgan fingerprint density at radius 1 is 0.581 bits per heavy atom. The molecule has 0 aromatic heterocycles. The molecule has 2 aliphatic rings. The van der Waals surface area contributed by atoms with E-state index in [0.717, 1.165) is 34.0 Å². The molecule has 0 unspecified atom stereocenters. The van der Waals surface area contributed by atoms with Gasteiger partial charge in [0, 0.05) is 11.0 Å². The molecule has 150 valence electrons. The Kier molecular flexibility index (Phi) is 3.85. The smallest absolute Gasteiger partial charge is 0.260 e. The summed E-state index contributed by atoms with van der Waals surface area (Å²) in [6.45, 7) is 6.89. The van der Waals surface area contributed by atoms with Gasteiger partial charge in [0.2, 0.25) is 0 Å². The van der Waals surface area contributed by atoms with Gasteiger partial charge in [0.25, 0.3) is 6.71 Å². The van der Waals surface area contributed by atoms with Crippen molar-refractivity contribution < 1.29 is 9.47 Å². The van der Waals surface area contributed by atoms with E-state index >= 15 is 0 Å². The lowest BCUT2D eigenvalue weighted by molar-refractivity contribution is 0.465. The third-order valence-corrected chi connectivity index (χ3v) is 6.36. The fraction of sp³-hybridized carbons (Fsp3) is 0.143. The van der Waals surface area contributed by atoms with E-state index in [9.17, 15) is 0 Å². The molecule has 4 aromatic rings. The van der Waals surface area contributed by atoms with Crippen molar-refractivity contribution in [2.45, 2.75) is 26.2 Å². The predicted molar refractivity (Wildman–Crippen MR) is 128 cm³/mol. The van der Waals surface area contributed by atoms with E-state index in [1.807, 2.05) is 18.2 Å². The van der Waals surface area contributed by atoms with Crippen molar-refractivity contribution in [1.29, 1.82) is 0 Å². The van der Waals surface area contributed by atoms with Crippen LogP contribution in [-0.2, 0) is 5.41 Å². The molecule has 0 radical (unpaired) electrons. The Bertz CT molecular complexity index is 1330. The number of fused-ring (bicyclic) bond motifs is 4. The minimum atomic E-state index is 0.0321. The van der Waals surface area contributed by atoms with Crippen LogP contribution in [0.3, 0.4) is 0 Å². The highest BCUT2D eigenvalue weighted by Crippen LogP contribution is 2.41. The van der Waals surface area contributed by atoms with Gasteiger partial charge in [0.1, 0.15) is 23.0 Å². The van der Waals surface area contributed by atoms with Crippen molar-refractivity contribution in [2.75, 3.05) is 0 Å². The predicted octanol–water partition coefficient (Wildman–Crippen LogP) is 5.38. The summed E-state index contributed by atoms with van der Waals surface area (Å²) in [7, 11) is 0. The third-order valence-electron chi connectivity index (χ3n) is 6.36. The molecule has 0 amide bonds. The van der Waals surface area contributed by atoms with Crippen LogP contribution in [0.15, 0.2) is 84.9 Å². The van der Waals surface area contributed by atoms with E-state index in [-0.39, 0.29) is 12.1 Å². The lowest BCUT2D eigenvalue weighted by Gasteiger charge is -2.34. The molecule has 0 bridgehead atoms. The molecule has 6 rings (SSSR count). The molecular formula is C28H23BO2. The van der Waals surface area contributed by atoms with Crippen molar-refractivity contribution in [3.05, 3.63) is 90.5 Å². The topological polar surface area (TPSA) is 18.5 Å². The van der Waals surface area contributed by atoms with Crippen LogP contribution in [0.25, 0.3) is 11.1 Å². The molecule has 0 atom stereocenters. The number of ether oxygens (including phenoxy) is 2. The van der Waals surface area contributed by atoms with E-state index in [4.69, 9.17) is 9.47 Å². The molecule has 0 N–H and O–H groups in total. The monoisotopic (exact) mass is 402 g/mol. The number of para-hydroxylation sites is 2. The minimum Gasteiger partial charge on any atom is -0.458 e. The van der Waals surface area contributed by atoms with Crippen molar-refractivity contribution >= 4 is 23.1 Å². The first-order chi connectivity index (χ1) is 15.0. The Morgan fingerprint density at radius 2 is 1.19 bits per heavy atom. The molecule has 2 heterocycles. The zero-order valence-corrected chi connectivity index (χ0v) is 18.0. The number of hydrogen-bond acceptors (Lipinski definition) is 2. The molecule has 4 aromatic carbocycles. The van der Waals surface area contributed by atoms with Gasteiger partial charge in [0.05, 0.1) is 0 Å². The Balaban J connectivity index is 1.63. The zero-order valence-electron chi connectivity index (χ0n) is 18.0. The van der Waals surface area contributed by atoms with E-state index in [1.165, 1.54) is 22.1 Å². The summed E-state index contributed by atoms with van der Waals surface area (Å²) in [5, 5.41) is 0. The second-order valence-corrected chi connectivity index (χ2v) is 9.36. The highest BCUT2D eigenvalue weighted by atomic mass is 16.5. The van der Waals surface area contributed by atoms with Crippen molar-refractivity contribution in [3.63, 3.8) is 0 Å². The quantitative estimate of drug-likeness (QED) is 0.344. The minimum absolute atomic E-state index is 0.0321. The molecule has 0 fully saturated rings. The summed E-state index contributed by atoms with van der Waals surface area (Å²) < 4.78 is 12.9. The highest BCUT2D eigenvalue weighted by Gasteiger charge is 2.40. The van der Waals surface area contributed by atoms with Gasteiger partial charge in [-0.15, -0.1) is 0 Å². The first-order valence-electron chi connectivity index (χ1n) is 10.8. The number of benzene rings is 4. The van der Waals surface area contributed by atoms with Gasteiger partial charge in [0.15, 0.2) is 0 Å². The largest absolute Gasteiger partial charge is 0.458 e. The maximum Gasteiger partial charge on any atom is 0.260 e. The van der Waals surface area contributed by atoms with E-state index in [1.54, 1.807) is 0 Å². The van der Waals surface area contributed by atoms with Crippen LogP contribution in [0.4, 0.5) is 0 Å². The highest BCUT2D eigenvalue weighted by molar-refractivity contribution is 6.98. The molecule has 2 nitrogen and oxygen atoms in total. The van der Waals surface area contributed by atoms with E-state index in [0.29, 0.717) is 0 Å². The summed E-state index contributed by atoms with van der Waals surface area (Å²) in [4.78, 5) is 0. The maximum absolute atomic E-state index is 6.61. The summed E-state index contributed by atoms with van der Waals surface area (Å²) in [6, 6.07) is 29.7. The van der Waals surface area contributed by atoms with Gasteiger partial charge in [-0.1, -0.05) is 87.5 Å². The summed E-state index contributed by atoms with van der Waals surface area (Å²) in [6.07, 6.45) is 0. The van der Waals surface area contributed by atoms with Gasteiger partial charge in [-0.2, -0.15) is 0 Å². The Labute approximate surface area is 183 Å². The molecule has 0 saturated heterocycles. The standard InChI is InChI=1S/C28H23BO2/c1-28(2,3)20-12-5-4-10-18(20)19-11-8-14-22-27(19)31-25-17-9-16-24-26(25)29(22)21-13-6-7-15-23(21)30-24/h4-17H,1-3H3. The average Bonchev–Trinajstić information content (AvgIpc) is 2.78. The summed E-state index contributed by atoms with van der Waals surface area (Å²) >= 11 is 0.